The first kappa shape index (κ1) is 20.8. The van der Waals surface area contributed by atoms with Gasteiger partial charge in [0.15, 0.2) is 12.0 Å². The summed E-state index contributed by atoms with van der Waals surface area (Å²) in [5.41, 5.74) is -5.08. The summed E-state index contributed by atoms with van der Waals surface area (Å²) in [6.07, 6.45) is 0.230. The van der Waals surface area contributed by atoms with Gasteiger partial charge in [-0.05, 0) is 23.6 Å². The predicted molar refractivity (Wildman–Crippen MR) is 92.3 cm³/mol. The Kier molecular flexibility index (Phi) is 6.15. The Labute approximate surface area is 154 Å². The predicted octanol–water partition coefficient (Wildman–Crippen LogP) is 4.43. The molecule has 2 aromatic carbocycles. The van der Waals surface area contributed by atoms with Crippen LogP contribution >= 0.6 is 0 Å². The van der Waals surface area contributed by atoms with Crippen molar-refractivity contribution < 1.29 is 35.3 Å². The number of carbonyl (C=O) groups is 1. The van der Waals surface area contributed by atoms with E-state index >= 15 is 0 Å². The summed E-state index contributed by atoms with van der Waals surface area (Å²) < 4.78 is 71.0. The van der Waals surface area contributed by atoms with Crippen LogP contribution < -0.4 is 8.92 Å². The van der Waals surface area contributed by atoms with E-state index in [0.29, 0.717) is 0 Å². The fourth-order valence-corrected chi connectivity index (χ4v) is 2.85. The number of halogens is 3. The van der Waals surface area contributed by atoms with Crippen molar-refractivity contribution in [1.82, 2.24) is 0 Å². The minimum absolute atomic E-state index is 0.0587. The van der Waals surface area contributed by atoms with Gasteiger partial charge in [-0.2, -0.15) is 21.6 Å². The van der Waals surface area contributed by atoms with Crippen molar-refractivity contribution in [1.29, 1.82) is 0 Å². The van der Waals surface area contributed by atoms with Crippen LogP contribution in [0.1, 0.15) is 41.3 Å². The van der Waals surface area contributed by atoms with Crippen molar-refractivity contribution in [2.75, 3.05) is 0 Å². The van der Waals surface area contributed by atoms with Gasteiger partial charge in [0.2, 0.25) is 0 Å². The van der Waals surface area contributed by atoms with Crippen molar-refractivity contribution in [2.24, 2.45) is 0 Å². The molecule has 0 heterocycles. The smallest absolute Gasteiger partial charge is 0.488 e. The number of hydrogen-bond donors (Lipinski definition) is 0. The van der Waals surface area contributed by atoms with Crippen molar-refractivity contribution in [3.05, 3.63) is 59.2 Å². The highest BCUT2D eigenvalue weighted by Gasteiger charge is 2.49. The van der Waals surface area contributed by atoms with Crippen LogP contribution in [0.5, 0.6) is 11.5 Å². The summed E-state index contributed by atoms with van der Waals surface area (Å²) in [4.78, 5) is 11.2. The van der Waals surface area contributed by atoms with E-state index in [1.165, 1.54) is 6.07 Å². The van der Waals surface area contributed by atoms with E-state index in [1.54, 1.807) is 38.1 Å². The third-order valence-corrected chi connectivity index (χ3v) is 4.56. The number of hydrogen-bond acceptors (Lipinski definition) is 5. The molecule has 0 atom stereocenters. The molecule has 0 bridgehead atoms. The van der Waals surface area contributed by atoms with E-state index in [-0.39, 0.29) is 29.8 Å². The van der Waals surface area contributed by atoms with Gasteiger partial charge < -0.3 is 8.92 Å². The average Bonchev–Trinajstić information content (AvgIpc) is 2.59. The summed E-state index contributed by atoms with van der Waals surface area (Å²) in [5, 5.41) is 0. The van der Waals surface area contributed by atoms with Gasteiger partial charge in [0.1, 0.15) is 12.4 Å². The van der Waals surface area contributed by atoms with Crippen LogP contribution in [0, 0.1) is 0 Å². The Morgan fingerprint density at radius 2 is 1.70 bits per heavy atom. The number of carbonyl (C=O) groups excluding carboxylic acids is 1. The highest BCUT2D eigenvalue weighted by molar-refractivity contribution is 7.88. The van der Waals surface area contributed by atoms with E-state index in [0.717, 1.165) is 11.6 Å². The zero-order chi connectivity index (χ0) is 20.2. The van der Waals surface area contributed by atoms with Crippen LogP contribution in [0.25, 0.3) is 0 Å². The van der Waals surface area contributed by atoms with E-state index in [9.17, 15) is 26.4 Å². The molecule has 2 aromatic rings. The van der Waals surface area contributed by atoms with Crippen LogP contribution in [0.4, 0.5) is 13.2 Å². The van der Waals surface area contributed by atoms with Crippen LogP contribution in [0.15, 0.2) is 42.5 Å². The highest BCUT2D eigenvalue weighted by Crippen LogP contribution is 2.40. The standard InChI is InChI=1S/C18H17F3O5S/c1-12(2)16-15(25-11-13-6-4-3-5-7-13)9-8-14(10-22)17(16)26-27(23,24)18(19,20)21/h3-10,12H,11H2,1-2H3. The molecule has 9 heteroatoms. The first-order valence-electron chi connectivity index (χ1n) is 7.86. The van der Waals surface area contributed by atoms with Gasteiger partial charge in [0.05, 0.1) is 5.56 Å². The lowest BCUT2D eigenvalue weighted by molar-refractivity contribution is -0.0500. The van der Waals surface area contributed by atoms with Gasteiger partial charge >= 0.3 is 15.6 Å². The third kappa shape index (κ3) is 4.79. The van der Waals surface area contributed by atoms with Crippen LogP contribution in [-0.2, 0) is 16.7 Å². The molecule has 0 aromatic heterocycles. The second-order valence-electron chi connectivity index (χ2n) is 5.93. The van der Waals surface area contributed by atoms with Gasteiger partial charge in [-0.25, -0.2) is 0 Å². The molecule has 27 heavy (non-hydrogen) atoms. The molecule has 0 radical (unpaired) electrons. The first-order chi connectivity index (χ1) is 12.6. The Morgan fingerprint density at radius 3 is 2.22 bits per heavy atom. The van der Waals surface area contributed by atoms with Gasteiger partial charge in [0.25, 0.3) is 0 Å². The van der Waals surface area contributed by atoms with Gasteiger partial charge in [-0.15, -0.1) is 0 Å². The van der Waals surface area contributed by atoms with Crippen molar-refractivity contribution in [3.8, 4) is 11.5 Å². The average molecular weight is 402 g/mol. The zero-order valence-corrected chi connectivity index (χ0v) is 15.3. The molecule has 0 fully saturated rings. The Hall–Kier alpha value is -2.55. The molecule has 0 spiro atoms. The summed E-state index contributed by atoms with van der Waals surface area (Å²) in [6.45, 7) is 3.34. The molecular weight excluding hydrogens is 385 g/mol. The molecule has 5 nitrogen and oxygen atoms in total. The number of ether oxygens (including phenoxy) is 1. The number of alkyl halides is 3. The Balaban J connectivity index is 2.49. The molecule has 0 aliphatic rings. The van der Waals surface area contributed by atoms with Crippen LogP contribution in [0.3, 0.4) is 0 Å². The molecule has 0 N–H and O–H groups in total. The molecule has 0 amide bonds. The fraction of sp³-hybridized carbons (Fsp3) is 0.278. The lowest BCUT2D eigenvalue weighted by atomic mass is 9.98. The van der Waals surface area contributed by atoms with E-state index in [2.05, 4.69) is 4.18 Å². The number of aldehydes is 1. The maximum absolute atomic E-state index is 12.7. The highest BCUT2D eigenvalue weighted by atomic mass is 32.2. The molecule has 0 aliphatic carbocycles. The monoisotopic (exact) mass is 402 g/mol. The summed E-state index contributed by atoms with van der Waals surface area (Å²) in [6, 6.07) is 11.5. The van der Waals surface area contributed by atoms with Crippen LogP contribution in [0.2, 0.25) is 0 Å². The Morgan fingerprint density at radius 1 is 1.07 bits per heavy atom. The minimum atomic E-state index is -5.94. The zero-order valence-electron chi connectivity index (χ0n) is 14.5. The summed E-state index contributed by atoms with van der Waals surface area (Å²) >= 11 is 0. The quantitative estimate of drug-likeness (QED) is 0.389. The minimum Gasteiger partial charge on any atom is -0.488 e. The van der Waals surface area contributed by atoms with E-state index in [1.807, 2.05) is 6.07 Å². The second-order valence-corrected chi connectivity index (χ2v) is 7.46. The normalized spacial score (nSPS) is 12.1. The molecule has 0 unspecified atom stereocenters. The third-order valence-electron chi connectivity index (χ3n) is 3.60. The lowest BCUT2D eigenvalue weighted by Gasteiger charge is -2.20. The van der Waals surface area contributed by atoms with E-state index < -0.39 is 27.3 Å². The summed E-state index contributed by atoms with van der Waals surface area (Å²) in [7, 11) is -5.94. The summed E-state index contributed by atoms with van der Waals surface area (Å²) in [5.74, 6) is -1.02. The lowest BCUT2D eigenvalue weighted by Crippen LogP contribution is -2.29. The van der Waals surface area contributed by atoms with Gasteiger partial charge in [-0.3, -0.25) is 4.79 Å². The van der Waals surface area contributed by atoms with Crippen molar-refractivity contribution >= 4 is 16.4 Å². The number of benzene rings is 2. The van der Waals surface area contributed by atoms with E-state index in [4.69, 9.17) is 4.74 Å². The molecule has 146 valence electrons. The molecule has 0 saturated heterocycles. The topological polar surface area (TPSA) is 69.7 Å². The number of rotatable bonds is 7. The first-order valence-corrected chi connectivity index (χ1v) is 9.27. The maximum Gasteiger partial charge on any atom is 0.534 e. The SMILES string of the molecule is CC(C)c1c(OCc2ccccc2)ccc(C=O)c1OS(=O)(=O)C(F)(F)F. The molecular formula is C18H17F3O5S. The molecule has 0 saturated carbocycles. The fourth-order valence-electron chi connectivity index (χ4n) is 2.35. The van der Waals surface area contributed by atoms with Crippen molar-refractivity contribution in [3.63, 3.8) is 0 Å². The second kappa shape index (κ2) is 7.99. The van der Waals surface area contributed by atoms with Gasteiger partial charge in [-0.1, -0.05) is 44.2 Å². The molecule has 0 aliphatic heterocycles. The van der Waals surface area contributed by atoms with Crippen molar-refractivity contribution in [2.45, 2.75) is 31.9 Å². The van der Waals surface area contributed by atoms with Crippen LogP contribution in [-0.4, -0.2) is 20.2 Å². The molecule has 2 rings (SSSR count). The maximum atomic E-state index is 12.7. The van der Waals surface area contributed by atoms with Gasteiger partial charge in [0, 0.05) is 5.56 Å². The largest absolute Gasteiger partial charge is 0.534 e. The Bertz CT molecular complexity index is 907.